The van der Waals surface area contributed by atoms with Gasteiger partial charge < -0.3 is 0 Å². The van der Waals surface area contributed by atoms with E-state index in [1.54, 1.807) is 6.07 Å². The van der Waals surface area contributed by atoms with Crippen LogP contribution >= 0.6 is 11.8 Å². The fourth-order valence-corrected chi connectivity index (χ4v) is 3.33. The molecule has 0 aromatic heterocycles. The zero-order valence-electron chi connectivity index (χ0n) is 11.1. The van der Waals surface area contributed by atoms with E-state index in [4.69, 9.17) is 0 Å². The number of thioether (sulfide) groups is 1. The number of hydrogen-bond donors (Lipinski definition) is 0. The van der Waals surface area contributed by atoms with Crippen LogP contribution in [-0.2, 0) is 20.8 Å². The predicted molar refractivity (Wildman–Crippen MR) is 74.5 cm³/mol. The van der Waals surface area contributed by atoms with Crippen LogP contribution in [-0.4, -0.2) is 23.4 Å². The van der Waals surface area contributed by atoms with Crippen molar-refractivity contribution in [3.63, 3.8) is 0 Å². The maximum atomic E-state index is 11.7. The van der Waals surface area contributed by atoms with Gasteiger partial charge in [-0.25, -0.2) is 0 Å². The van der Waals surface area contributed by atoms with Crippen molar-refractivity contribution < 1.29 is 14.4 Å². The molecule has 0 fully saturated rings. The maximum absolute atomic E-state index is 11.7. The van der Waals surface area contributed by atoms with Crippen LogP contribution in [0, 0.1) is 6.92 Å². The quantitative estimate of drug-likeness (QED) is 0.789. The van der Waals surface area contributed by atoms with Gasteiger partial charge in [-0.15, -0.1) is 11.8 Å². The molecule has 0 radical (unpaired) electrons. The van der Waals surface area contributed by atoms with Crippen molar-refractivity contribution >= 4 is 35.0 Å². The number of amides is 2. The first kappa shape index (κ1) is 13.8. The number of carbonyl (C=O) groups is 3. The van der Waals surface area contributed by atoms with Crippen molar-refractivity contribution in [2.75, 3.05) is 10.7 Å². The second kappa shape index (κ2) is 5.17. The molecule has 100 valence electrons. The van der Waals surface area contributed by atoms with Gasteiger partial charge in [-0.05, 0) is 24.1 Å². The Hall–Kier alpha value is -1.62. The van der Waals surface area contributed by atoms with Crippen molar-refractivity contribution in [1.82, 2.24) is 0 Å². The third-order valence-corrected chi connectivity index (χ3v) is 4.38. The lowest BCUT2D eigenvalue weighted by Gasteiger charge is -2.25. The zero-order chi connectivity index (χ0) is 14.2. The summed E-state index contributed by atoms with van der Waals surface area (Å²) < 4.78 is 0. The highest BCUT2D eigenvalue weighted by Gasteiger charge is 2.26. The molecular weight excluding hydrogens is 262 g/mol. The van der Waals surface area contributed by atoms with Gasteiger partial charge in [-0.3, -0.25) is 19.3 Å². The number of benzene rings is 1. The highest BCUT2D eigenvalue weighted by molar-refractivity contribution is 8.00. The largest absolute Gasteiger partial charge is 0.298 e. The summed E-state index contributed by atoms with van der Waals surface area (Å²) in [4.78, 5) is 37.1. The number of anilines is 1. The Morgan fingerprint density at radius 1 is 1.21 bits per heavy atom. The molecule has 0 bridgehead atoms. The van der Waals surface area contributed by atoms with Crippen LogP contribution in [0.15, 0.2) is 17.0 Å². The van der Waals surface area contributed by atoms with Crippen LogP contribution in [0.1, 0.15) is 25.0 Å². The predicted octanol–water partition coefficient (Wildman–Crippen LogP) is 2.11. The van der Waals surface area contributed by atoms with E-state index in [9.17, 15) is 14.4 Å². The molecule has 0 N–H and O–H groups in total. The first-order valence-electron chi connectivity index (χ1n) is 6.00. The summed E-state index contributed by atoms with van der Waals surface area (Å²) in [5.74, 6) is -0.0863. The van der Waals surface area contributed by atoms with Crippen LogP contribution in [0.2, 0.25) is 0 Å². The van der Waals surface area contributed by atoms with Gasteiger partial charge >= 0.3 is 0 Å². The van der Waals surface area contributed by atoms with Gasteiger partial charge in [0.2, 0.25) is 11.8 Å². The normalized spacial score (nSPS) is 13.9. The smallest absolute Gasteiger partial charge is 0.230 e. The molecule has 1 aromatic rings. The fourth-order valence-electron chi connectivity index (χ4n) is 2.28. The summed E-state index contributed by atoms with van der Waals surface area (Å²) in [7, 11) is 0. The maximum Gasteiger partial charge on any atom is 0.230 e. The van der Waals surface area contributed by atoms with Gasteiger partial charge in [0, 0.05) is 25.2 Å². The first-order chi connectivity index (χ1) is 8.91. The minimum Gasteiger partial charge on any atom is -0.298 e. The van der Waals surface area contributed by atoms with E-state index in [1.807, 2.05) is 13.0 Å². The minimum absolute atomic E-state index is 0.122. The van der Waals surface area contributed by atoms with E-state index in [0.717, 1.165) is 20.9 Å². The molecular formula is C14H15NO3S. The highest BCUT2D eigenvalue weighted by atomic mass is 32.2. The molecule has 4 nitrogen and oxygen atoms in total. The van der Waals surface area contributed by atoms with E-state index in [2.05, 4.69) is 0 Å². The van der Waals surface area contributed by atoms with Gasteiger partial charge in [-0.1, -0.05) is 6.07 Å². The molecule has 0 saturated heterocycles. The summed E-state index contributed by atoms with van der Waals surface area (Å²) >= 11 is 1.48. The van der Waals surface area contributed by atoms with E-state index in [0.29, 0.717) is 11.4 Å². The van der Waals surface area contributed by atoms with E-state index in [-0.39, 0.29) is 24.0 Å². The number of Topliss-reactive ketones (excluding diaryl/α,β-unsaturated/α-hetero) is 1. The number of imide groups is 1. The highest BCUT2D eigenvalue weighted by Crippen LogP contribution is 2.37. The second-order valence-corrected chi connectivity index (χ2v) is 5.57. The molecule has 2 rings (SSSR count). The number of fused-ring (bicyclic) bond motifs is 1. The summed E-state index contributed by atoms with van der Waals surface area (Å²) in [5, 5.41) is 0. The second-order valence-electron chi connectivity index (χ2n) is 4.59. The van der Waals surface area contributed by atoms with Crippen LogP contribution < -0.4 is 4.90 Å². The lowest BCUT2D eigenvalue weighted by molar-refractivity contribution is -0.124. The molecule has 5 heteroatoms. The zero-order valence-corrected chi connectivity index (χ0v) is 12.0. The summed E-state index contributed by atoms with van der Waals surface area (Å²) in [5.41, 5.74) is 2.41. The van der Waals surface area contributed by atoms with Crippen molar-refractivity contribution in [3.05, 3.63) is 23.3 Å². The molecule has 1 aliphatic rings. The summed E-state index contributed by atoms with van der Waals surface area (Å²) in [6, 6.07) is 3.63. The third kappa shape index (κ3) is 2.56. The Balaban J connectivity index is 2.61. The summed E-state index contributed by atoms with van der Waals surface area (Å²) in [6.45, 7) is 4.67. The van der Waals surface area contributed by atoms with Crippen molar-refractivity contribution in [3.8, 4) is 0 Å². The van der Waals surface area contributed by atoms with Crippen LogP contribution in [0.4, 0.5) is 5.69 Å². The van der Waals surface area contributed by atoms with Crippen molar-refractivity contribution in [2.45, 2.75) is 32.1 Å². The number of ketones is 1. The Morgan fingerprint density at radius 3 is 2.42 bits per heavy atom. The van der Waals surface area contributed by atoms with Gasteiger partial charge in [-0.2, -0.15) is 0 Å². The number of hydrogen-bond acceptors (Lipinski definition) is 4. The molecule has 1 aromatic carbocycles. The lowest BCUT2D eigenvalue weighted by Crippen LogP contribution is -2.34. The van der Waals surface area contributed by atoms with Crippen molar-refractivity contribution in [1.29, 1.82) is 0 Å². The Morgan fingerprint density at radius 2 is 1.84 bits per heavy atom. The molecule has 1 aliphatic heterocycles. The molecule has 0 unspecified atom stereocenters. The average Bonchev–Trinajstić information content (AvgIpc) is 2.31. The third-order valence-electron chi connectivity index (χ3n) is 3.05. The molecule has 0 saturated carbocycles. The van der Waals surface area contributed by atoms with Crippen molar-refractivity contribution in [2.24, 2.45) is 0 Å². The van der Waals surface area contributed by atoms with Gasteiger partial charge in [0.15, 0.2) is 0 Å². The van der Waals surface area contributed by atoms with Crippen LogP contribution in [0.25, 0.3) is 0 Å². The Kier molecular flexibility index (Phi) is 3.75. The molecule has 1 heterocycles. The average molecular weight is 277 g/mol. The summed E-state index contributed by atoms with van der Waals surface area (Å²) in [6.07, 6.45) is 0.288. The van der Waals surface area contributed by atoms with E-state index >= 15 is 0 Å². The number of rotatable bonds is 1. The lowest BCUT2D eigenvalue weighted by atomic mass is 10.0. The molecule has 0 aliphatic carbocycles. The fraction of sp³-hybridized carbons (Fsp3) is 0.357. The molecule has 2 amide bonds. The number of nitrogens with zero attached hydrogens (tertiary/aromatic N) is 1. The Bertz CT molecular complexity index is 566. The number of carbonyl (C=O) groups excluding carboxylic acids is 3. The molecule has 0 atom stereocenters. The Labute approximate surface area is 116 Å². The topological polar surface area (TPSA) is 54.5 Å². The standard InChI is InChI=1S/C14H15NO3S/c1-8-4-5-13(15(9(2)16)10(3)17)12-6-11(18)7-19-14(8)12/h4-5H,6-7H2,1-3H3. The van der Waals surface area contributed by atoms with Gasteiger partial charge in [0.25, 0.3) is 0 Å². The SMILES string of the molecule is CC(=O)N(C(C)=O)c1ccc(C)c2c1CC(=O)CS2. The molecule has 19 heavy (non-hydrogen) atoms. The molecule has 0 spiro atoms. The van der Waals surface area contributed by atoms with E-state index < -0.39 is 0 Å². The van der Waals surface area contributed by atoms with Crippen LogP contribution in [0.3, 0.4) is 0 Å². The van der Waals surface area contributed by atoms with Gasteiger partial charge in [0.1, 0.15) is 5.78 Å². The van der Waals surface area contributed by atoms with E-state index in [1.165, 1.54) is 25.6 Å². The number of aryl methyl sites for hydroxylation is 1. The first-order valence-corrected chi connectivity index (χ1v) is 6.98. The monoisotopic (exact) mass is 277 g/mol. The van der Waals surface area contributed by atoms with Crippen LogP contribution in [0.5, 0.6) is 0 Å². The minimum atomic E-state index is -0.332. The van der Waals surface area contributed by atoms with Gasteiger partial charge in [0.05, 0.1) is 11.4 Å².